The van der Waals surface area contributed by atoms with E-state index in [1.54, 1.807) is 9.80 Å². The minimum absolute atomic E-state index is 0. The zero-order chi connectivity index (χ0) is 18.2. The van der Waals surface area contributed by atoms with Crippen LogP contribution in [0.4, 0.5) is 0 Å². The van der Waals surface area contributed by atoms with E-state index in [0.29, 0.717) is 19.5 Å². The predicted molar refractivity (Wildman–Crippen MR) is 99.8 cm³/mol. The highest BCUT2D eigenvalue weighted by Gasteiger charge is 2.30. The summed E-state index contributed by atoms with van der Waals surface area (Å²) in [5.41, 5.74) is 6.17. The third-order valence-electron chi connectivity index (χ3n) is 4.43. The number of carbonyl (C=O) groups excluding carboxylic acids is 2. The van der Waals surface area contributed by atoms with Gasteiger partial charge in [-0.25, -0.2) is 0 Å². The molecule has 0 bridgehead atoms. The molecule has 0 aliphatic carbocycles. The summed E-state index contributed by atoms with van der Waals surface area (Å²) in [5.74, 6) is -1.54. The van der Waals surface area contributed by atoms with Crippen molar-refractivity contribution in [3.8, 4) is 0 Å². The largest absolute Gasteiger partial charge is 0.480 e. The summed E-state index contributed by atoms with van der Waals surface area (Å²) in [6.45, 7) is 1.24. The van der Waals surface area contributed by atoms with Crippen LogP contribution in [0.25, 0.3) is 0 Å². The molecule has 1 aliphatic heterocycles. The molecular weight excluding hydrogens is 358 g/mol. The van der Waals surface area contributed by atoms with Gasteiger partial charge < -0.3 is 15.7 Å². The lowest BCUT2D eigenvalue weighted by atomic mass is 10.0. The summed E-state index contributed by atoms with van der Waals surface area (Å²) in [6, 6.07) is 8.86. The lowest BCUT2D eigenvalue weighted by Gasteiger charge is -2.34. The van der Waals surface area contributed by atoms with Crippen LogP contribution in [0.3, 0.4) is 0 Å². The lowest BCUT2D eigenvalue weighted by Crippen LogP contribution is -2.50. The van der Waals surface area contributed by atoms with Gasteiger partial charge in [0.1, 0.15) is 6.04 Å². The molecule has 2 amide bonds. The molecule has 2 rings (SSSR count). The maximum absolute atomic E-state index is 12.7. The number of carbonyl (C=O) groups is 3. The number of nitrogens with two attached hydrogens (primary N) is 1. The number of amides is 2. The second kappa shape index (κ2) is 10.8. The number of nitrogens with zero attached hydrogens (tertiary/aromatic N) is 2. The molecule has 1 saturated heterocycles. The average Bonchev–Trinajstić information content (AvgIpc) is 2.59. The number of piperidine rings is 1. The maximum Gasteiger partial charge on any atom is 0.320 e. The zero-order valence-corrected chi connectivity index (χ0v) is 15.5. The van der Waals surface area contributed by atoms with Gasteiger partial charge in [-0.05, 0) is 24.9 Å². The zero-order valence-electron chi connectivity index (χ0n) is 14.7. The van der Waals surface area contributed by atoms with Gasteiger partial charge in [0, 0.05) is 19.5 Å². The first-order chi connectivity index (χ1) is 12.0. The van der Waals surface area contributed by atoms with Crippen molar-refractivity contribution in [3.63, 3.8) is 0 Å². The van der Waals surface area contributed by atoms with Gasteiger partial charge in [0.2, 0.25) is 11.8 Å². The van der Waals surface area contributed by atoms with E-state index in [4.69, 9.17) is 5.73 Å². The Bertz CT molecular complexity index is 612. The van der Waals surface area contributed by atoms with Crippen molar-refractivity contribution in [2.24, 2.45) is 5.73 Å². The van der Waals surface area contributed by atoms with Gasteiger partial charge in [-0.3, -0.25) is 19.3 Å². The molecule has 26 heavy (non-hydrogen) atoms. The number of primary amides is 1. The first kappa shape index (κ1) is 21.9. The van der Waals surface area contributed by atoms with Crippen LogP contribution in [0.2, 0.25) is 0 Å². The van der Waals surface area contributed by atoms with Crippen molar-refractivity contribution in [1.82, 2.24) is 9.80 Å². The standard InChI is InChI=1S/C18H25N3O4.ClH/c19-16(22)9-11-21(12-14-6-2-1-3-7-14)17(23)13-20-10-5-4-8-15(20)18(24)25;/h1-3,6-7,15H,4-5,8-13H2,(H2,19,22)(H,24,25);1H. The van der Waals surface area contributed by atoms with E-state index in [1.165, 1.54) is 0 Å². The fraction of sp³-hybridized carbons (Fsp3) is 0.500. The molecule has 1 fully saturated rings. The minimum atomic E-state index is -0.890. The number of likely N-dealkylation sites (tertiary alicyclic amines) is 1. The Morgan fingerprint density at radius 1 is 1.19 bits per heavy atom. The van der Waals surface area contributed by atoms with Gasteiger partial charge in [-0.15, -0.1) is 12.4 Å². The van der Waals surface area contributed by atoms with Crippen molar-refractivity contribution < 1.29 is 19.5 Å². The van der Waals surface area contributed by atoms with Gasteiger partial charge in [-0.2, -0.15) is 0 Å². The van der Waals surface area contributed by atoms with E-state index >= 15 is 0 Å². The summed E-state index contributed by atoms with van der Waals surface area (Å²) < 4.78 is 0. The normalized spacial score (nSPS) is 17.2. The monoisotopic (exact) mass is 383 g/mol. The Kier molecular flexibility index (Phi) is 9.09. The molecular formula is C18H26ClN3O4. The first-order valence-electron chi connectivity index (χ1n) is 8.54. The van der Waals surface area contributed by atoms with E-state index in [1.807, 2.05) is 30.3 Å². The van der Waals surface area contributed by atoms with Gasteiger partial charge in [0.25, 0.3) is 0 Å². The van der Waals surface area contributed by atoms with Crippen LogP contribution in [-0.4, -0.2) is 58.4 Å². The number of hydrogen-bond donors (Lipinski definition) is 2. The number of hydrogen-bond acceptors (Lipinski definition) is 4. The second-order valence-corrected chi connectivity index (χ2v) is 6.34. The van der Waals surface area contributed by atoms with E-state index in [9.17, 15) is 19.5 Å². The number of carboxylic acid groups (broad SMARTS) is 1. The van der Waals surface area contributed by atoms with E-state index < -0.39 is 17.9 Å². The van der Waals surface area contributed by atoms with Crippen LogP contribution < -0.4 is 5.73 Å². The van der Waals surface area contributed by atoms with Gasteiger partial charge in [0.15, 0.2) is 0 Å². The summed E-state index contributed by atoms with van der Waals surface area (Å²) in [5, 5.41) is 9.34. The molecule has 1 aliphatic rings. The van der Waals surface area contributed by atoms with E-state index in [2.05, 4.69) is 0 Å². The molecule has 1 heterocycles. The molecule has 0 radical (unpaired) electrons. The summed E-state index contributed by atoms with van der Waals surface area (Å²) in [4.78, 5) is 38.5. The van der Waals surface area contributed by atoms with Gasteiger partial charge in [0.05, 0.1) is 6.54 Å². The Morgan fingerprint density at radius 2 is 1.88 bits per heavy atom. The van der Waals surface area contributed by atoms with Crippen molar-refractivity contribution >= 4 is 30.2 Å². The highest BCUT2D eigenvalue weighted by molar-refractivity contribution is 5.85. The minimum Gasteiger partial charge on any atom is -0.480 e. The Balaban J connectivity index is 0.00000338. The van der Waals surface area contributed by atoms with Crippen LogP contribution in [0.1, 0.15) is 31.2 Å². The summed E-state index contributed by atoms with van der Waals surface area (Å²) >= 11 is 0. The molecule has 1 aromatic rings. The SMILES string of the molecule is Cl.NC(=O)CCN(Cc1ccccc1)C(=O)CN1CCCCC1C(=O)O. The topological polar surface area (TPSA) is 104 Å². The number of benzene rings is 1. The molecule has 0 spiro atoms. The third-order valence-corrected chi connectivity index (χ3v) is 4.43. The molecule has 1 aromatic carbocycles. The molecule has 1 unspecified atom stereocenters. The Labute approximate surface area is 159 Å². The third kappa shape index (κ3) is 6.65. The van der Waals surface area contributed by atoms with Crippen LogP contribution in [0, 0.1) is 0 Å². The fourth-order valence-electron chi connectivity index (χ4n) is 3.07. The number of rotatable bonds is 8. The van der Waals surface area contributed by atoms with Crippen molar-refractivity contribution in [2.75, 3.05) is 19.6 Å². The molecule has 1 atom stereocenters. The van der Waals surface area contributed by atoms with E-state index in [-0.39, 0.29) is 37.8 Å². The summed E-state index contributed by atoms with van der Waals surface area (Å²) in [6.07, 6.45) is 2.39. The molecule has 7 nitrogen and oxygen atoms in total. The quantitative estimate of drug-likeness (QED) is 0.703. The molecule has 3 N–H and O–H groups in total. The second-order valence-electron chi connectivity index (χ2n) is 6.34. The smallest absolute Gasteiger partial charge is 0.320 e. The Hall–Kier alpha value is -2.12. The molecule has 8 heteroatoms. The number of halogens is 1. The van der Waals surface area contributed by atoms with Crippen molar-refractivity contribution in [1.29, 1.82) is 0 Å². The highest BCUT2D eigenvalue weighted by Crippen LogP contribution is 2.17. The van der Waals surface area contributed by atoms with Gasteiger partial charge in [-0.1, -0.05) is 36.8 Å². The Morgan fingerprint density at radius 3 is 2.50 bits per heavy atom. The fourth-order valence-corrected chi connectivity index (χ4v) is 3.07. The predicted octanol–water partition coefficient (Wildman–Crippen LogP) is 1.25. The maximum atomic E-state index is 12.7. The van der Waals surface area contributed by atoms with E-state index in [0.717, 1.165) is 18.4 Å². The molecule has 144 valence electrons. The van der Waals surface area contributed by atoms with Crippen LogP contribution >= 0.6 is 12.4 Å². The van der Waals surface area contributed by atoms with Crippen LogP contribution in [0.15, 0.2) is 30.3 Å². The number of aliphatic carboxylic acids is 1. The highest BCUT2D eigenvalue weighted by atomic mass is 35.5. The summed E-state index contributed by atoms with van der Waals surface area (Å²) in [7, 11) is 0. The van der Waals surface area contributed by atoms with Crippen molar-refractivity contribution in [3.05, 3.63) is 35.9 Å². The molecule has 0 saturated carbocycles. The van der Waals surface area contributed by atoms with Gasteiger partial charge >= 0.3 is 5.97 Å². The average molecular weight is 384 g/mol. The molecule has 0 aromatic heterocycles. The van der Waals surface area contributed by atoms with Crippen molar-refractivity contribution in [2.45, 2.75) is 38.3 Å². The van der Waals surface area contributed by atoms with Crippen LogP contribution in [-0.2, 0) is 20.9 Å². The number of carboxylic acids is 1. The van der Waals surface area contributed by atoms with Crippen LogP contribution in [0.5, 0.6) is 0 Å². The first-order valence-corrected chi connectivity index (χ1v) is 8.54. The lowest BCUT2D eigenvalue weighted by molar-refractivity contribution is -0.146.